The third-order valence-corrected chi connectivity index (χ3v) is 3.20. The lowest BCUT2D eigenvalue weighted by atomic mass is 10.1. The lowest BCUT2D eigenvalue weighted by Gasteiger charge is -2.18. The summed E-state index contributed by atoms with van der Waals surface area (Å²) >= 11 is 5.22. The Bertz CT molecular complexity index is 614. The summed E-state index contributed by atoms with van der Waals surface area (Å²) in [6.45, 7) is 0. The minimum absolute atomic E-state index is 0.0875. The maximum atomic E-state index is 5.79. The van der Waals surface area contributed by atoms with Gasteiger partial charge in [0.25, 0.3) is 0 Å². The largest absolute Gasteiger partial charge is 0.487 e. The van der Waals surface area contributed by atoms with E-state index in [1.165, 1.54) is 21.3 Å². The average Bonchev–Trinajstić information content (AvgIpc) is 2.59. The first-order chi connectivity index (χ1) is 10.7. The summed E-state index contributed by atoms with van der Waals surface area (Å²) in [5, 5.41) is 0.275. The molecule has 0 radical (unpaired) electrons. The Balaban J connectivity index is 2.33. The van der Waals surface area contributed by atoms with Crippen LogP contribution in [0.5, 0.6) is 17.8 Å². The Morgan fingerprint density at radius 2 is 1.59 bits per heavy atom. The van der Waals surface area contributed by atoms with Crippen LogP contribution in [0.4, 0.5) is 0 Å². The van der Waals surface area contributed by atoms with E-state index in [-0.39, 0.29) is 11.1 Å². The van der Waals surface area contributed by atoms with Crippen LogP contribution in [0.3, 0.4) is 0 Å². The fourth-order valence-corrected chi connectivity index (χ4v) is 1.92. The van der Waals surface area contributed by atoms with Gasteiger partial charge in [-0.05, 0) is 12.2 Å². The highest BCUT2D eigenvalue weighted by molar-refractivity contribution is 7.80. The molecule has 1 heterocycles. The van der Waals surface area contributed by atoms with Crippen LogP contribution in [0.2, 0.25) is 0 Å². The van der Waals surface area contributed by atoms with Gasteiger partial charge in [-0.3, -0.25) is 0 Å². The molecular formula is C15H16N2O4S. The van der Waals surface area contributed by atoms with Crippen LogP contribution in [0.25, 0.3) is 0 Å². The number of benzene rings is 1. The van der Waals surface area contributed by atoms with E-state index >= 15 is 0 Å². The summed E-state index contributed by atoms with van der Waals surface area (Å²) in [6.07, 6.45) is -0.613. The van der Waals surface area contributed by atoms with Crippen molar-refractivity contribution in [2.45, 2.75) is 6.10 Å². The minimum atomic E-state index is -0.613. The summed E-state index contributed by atoms with van der Waals surface area (Å²) in [5.74, 6) is 0.661. The topological polar surface area (TPSA) is 62.7 Å². The molecule has 22 heavy (non-hydrogen) atoms. The van der Waals surface area contributed by atoms with Crippen LogP contribution in [0, 0.1) is 0 Å². The van der Waals surface area contributed by atoms with Crippen molar-refractivity contribution in [1.29, 1.82) is 0 Å². The molecule has 0 aliphatic heterocycles. The van der Waals surface area contributed by atoms with Gasteiger partial charge in [0.15, 0.2) is 6.10 Å². The molecule has 0 saturated carbocycles. The van der Waals surface area contributed by atoms with E-state index < -0.39 is 6.10 Å². The molecule has 1 aromatic carbocycles. The minimum Gasteiger partial charge on any atom is -0.487 e. The van der Waals surface area contributed by atoms with E-state index in [1.54, 1.807) is 6.07 Å². The number of hydrogen-bond donors (Lipinski definition) is 0. The van der Waals surface area contributed by atoms with E-state index in [2.05, 4.69) is 9.97 Å². The smallest absolute Gasteiger partial charge is 0.324 e. The SMILES string of the molecule is COC(=S)C(Oc1nc(OC)cc(OC)n1)c1ccccc1. The van der Waals surface area contributed by atoms with Crippen molar-refractivity contribution >= 4 is 17.3 Å². The second-order valence-electron chi connectivity index (χ2n) is 4.17. The highest BCUT2D eigenvalue weighted by Crippen LogP contribution is 2.25. The Hall–Kier alpha value is -2.41. The number of rotatable bonds is 6. The van der Waals surface area contributed by atoms with Crippen LogP contribution >= 0.6 is 12.2 Å². The molecule has 0 saturated heterocycles. The normalized spacial score (nSPS) is 11.4. The maximum absolute atomic E-state index is 5.79. The third kappa shape index (κ3) is 3.82. The number of ether oxygens (including phenoxy) is 4. The van der Waals surface area contributed by atoms with Gasteiger partial charge in [0, 0.05) is 5.56 Å². The fraction of sp³-hybridized carbons (Fsp3) is 0.267. The highest BCUT2D eigenvalue weighted by Gasteiger charge is 2.22. The van der Waals surface area contributed by atoms with Gasteiger partial charge in [0.2, 0.25) is 16.8 Å². The molecule has 0 aliphatic carbocycles. The summed E-state index contributed by atoms with van der Waals surface area (Å²) in [6, 6.07) is 11.1. The fourth-order valence-electron chi connectivity index (χ4n) is 1.74. The number of thiocarbonyl (C=S) groups is 1. The summed E-state index contributed by atoms with van der Waals surface area (Å²) in [7, 11) is 4.49. The first-order valence-corrected chi connectivity index (χ1v) is 6.85. The molecule has 2 aromatic rings. The Morgan fingerprint density at radius 1 is 1.00 bits per heavy atom. The zero-order valence-corrected chi connectivity index (χ0v) is 13.3. The van der Waals surface area contributed by atoms with Crippen LogP contribution < -0.4 is 14.2 Å². The molecule has 0 N–H and O–H groups in total. The molecule has 6 nitrogen and oxygen atoms in total. The van der Waals surface area contributed by atoms with Crippen molar-refractivity contribution in [3.63, 3.8) is 0 Å². The summed E-state index contributed by atoms with van der Waals surface area (Å²) in [4.78, 5) is 8.26. The van der Waals surface area contributed by atoms with Crippen LogP contribution in [0.1, 0.15) is 11.7 Å². The quantitative estimate of drug-likeness (QED) is 0.758. The summed E-state index contributed by atoms with van der Waals surface area (Å²) < 4.78 is 21.1. The predicted octanol–water partition coefficient (Wildman–Crippen LogP) is 2.59. The second-order valence-corrected chi connectivity index (χ2v) is 4.57. The van der Waals surface area contributed by atoms with Crippen molar-refractivity contribution < 1.29 is 18.9 Å². The van der Waals surface area contributed by atoms with E-state index in [0.717, 1.165) is 5.56 Å². The first kappa shape index (κ1) is 16.0. The maximum Gasteiger partial charge on any atom is 0.324 e. The molecule has 1 unspecified atom stereocenters. The van der Waals surface area contributed by atoms with Gasteiger partial charge in [0.05, 0.1) is 27.4 Å². The second kappa shape index (κ2) is 7.56. The molecular weight excluding hydrogens is 304 g/mol. The van der Waals surface area contributed by atoms with E-state index in [9.17, 15) is 0 Å². The lowest BCUT2D eigenvalue weighted by molar-refractivity contribution is 0.213. The molecule has 2 rings (SSSR count). The van der Waals surface area contributed by atoms with Crippen molar-refractivity contribution in [2.24, 2.45) is 0 Å². The van der Waals surface area contributed by atoms with Crippen LogP contribution in [-0.2, 0) is 4.74 Å². The molecule has 0 aliphatic rings. The van der Waals surface area contributed by atoms with E-state index in [1.807, 2.05) is 30.3 Å². The molecule has 0 amide bonds. The van der Waals surface area contributed by atoms with Gasteiger partial charge in [-0.15, -0.1) is 0 Å². The predicted molar refractivity (Wildman–Crippen MR) is 84.6 cm³/mol. The number of hydrogen-bond acceptors (Lipinski definition) is 7. The molecule has 1 aromatic heterocycles. The van der Waals surface area contributed by atoms with Crippen molar-refractivity contribution in [3.05, 3.63) is 42.0 Å². The van der Waals surface area contributed by atoms with Crippen molar-refractivity contribution in [1.82, 2.24) is 9.97 Å². The first-order valence-electron chi connectivity index (χ1n) is 6.44. The van der Waals surface area contributed by atoms with Gasteiger partial charge in [-0.2, -0.15) is 9.97 Å². The summed E-state index contributed by atoms with van der Waals surface area (Å²) in [5.41, 5.74) is 0.833. The third-order valence-electron chi connectivity index (χ3n) is 2.82. The Labute approximate surface area is 134 Å². The van der Waals surface area contributed by atoms with E-state index in [4.69, 9.17) is 31.2 Å². The number of methoxy groups -OCH3 is 3. The zero-order chi connectivity index (χ0) is 15.9. The molecule has 0 fully saturated rings. The van der Waals surface area contributed by atoms with Crippen molar-refractivity contribution in [2.75, 3.05) is 21.3 Å². The highest BCUT2D eigenvalue weighted by atomic mass is 32.1. The molecule has 1 atom stereocenters. The van der Waals surface area contributed by atoms with Gasteiger partial charge >= 0.3 is 6.01 Å². The number of aromatic nitrogens is 2. The molecule has 7 heteroatoms. The molecule has 0 spiro atoms. The molecule has 0 bridgehead atoms. The van der Waals surface area contributed by atoms with E-state index in [0.29, 0.717) is 11.8 Å². The standard InChI is InChI=1S/C15H16N2O4S/c1-18-11-9-12(19-2)17-15(16-11)21-13(14(22)20-3)10-7-5-4-6-8-10/h4-9,13H,1-3H3. The Kier molecular flexibility index (Phi) is 5.48. The van der Waals surface area contributed by atoms with Gasteiger partial charge in [-0.1, -0.05) is 30.3 Å². The zero-order valence-electron chi connectivity index (χ0n) is 12.5. The number of nitrogens with zero attached hydrogens (tertiary/aromatic N) is 2. The van der Waals surface area contributed by atoms with Crippen LogP contribution in [-0.4, -0.2) is 36.3 Å². The van der Waals surface area contributed by atoms with Gasteiger partial charge in [0.1, 0.15) is 0 Å². The Morgan fingerprint density at radius 3 is 2.09 bits per heavy atom. The average molecular weight is 320 g/mol. The van der Waals surface area contributed by atoms with Crippen molar-refractivity contribution in [3.8, 4) is 17.8 Å². The van der Waals surface area contributed by atoms with Crippen LogP contribution in [0.15, 0.2) is 36.4 Å². The lowest BCUT2D eigenvalue weighted by Crippen LogP contribution is -2.19. The van der Waals surface area contributed by atoms with Gasteiger partial charge < -0.3 is 18.9 Å². The monoisotopic (exact) mass is 320 g/mol. The van der Waals surface area contributed by atoms with Gasteiger partial charge in [-0.25, -0.2) is 0 Å². The molecule has 116 valence electrons.